The minimum Gasteiger partial charge on any atom is -0.356 e. The van der Waals surface area contributed by atoms with E-state index in [0.717, 1.165) is 36.6 Å². The molecule has 0 atom stereocenters. The van der Waals surface area contributed by atoms with Crippen LogP contribution >= 0.6 is 0 Å². The van der Waals surface area contributed by atoms with Crippen molar-refractivity contribution in [3.63, 3.8) is 0 Å². The van der Waals surface area contributed by atoms with Gasteiger partial charge in [-0.2, -0.15) is 13.2 Å². The Hall–Kier alpha value is -1.76. The highest BCUT2D eigenvalue weighted by atomic mass is 19.4. The molecule has 146 valence electrons. The second-order valence-electron chi connectivity index (χ2n) is 6.63. The molecule has 7 heteroatoms. The molecule has 0 radical (unpaired) electrons. The molecule has 0 amide bonds. The van der Waals surface area contributed by atoms with Crippen molar-refractivity contribution >= 4 is 5.96 Å². The molecule has 1 saturated heterocycles. The Kier molecular flexibility index (Phi) is 8.22. The third-order valence-electron chi connectivity index (χ3n) is 4.60. The van der Waals surface area contributed by atoms with E-state index < -0.39 is 11.7 Å². The van der Waals surface area contributed by atoms with Gasteiger partial charge in [0.15, 0.2) is 5.96 Å². The number of benzene rings is 1. The Balaban J connectivity index is 1.59. The van der Waals surface area contributed by atoms with Gasteiger partial charge in [0.1, 0.15) is 0 Å². The van der Waals surface area contributed by atoms with Crippen molar-refractivity contribution in [3.8, 4) is 0 Å². The molecule has 2 rings (SSSR count). The summed E-state index contributed by atoms with van der Waals surface area (Å²) in [6.07, 6.45) is 1.29. The van der Waals surface area contributed by atoms with Crippen LogP contribution in [0.5, 0.6) is 0 Å². The van der Waals surface area contributed by atoms with Gasteiger partial charge < -0.3 is 15.5 Å². The minimum atomic E-state index is -4.28. The second kappa shape index (κ2) is 10.4. The van der Waals surface area contributed by atoms with Crippen LogP contribution in [0.25, 0.3) is 0 Å². The molecule has 1 aliphatic rings. The Labute approximate surface area is 153 Å². The molecule has 0 aliphatic carbocycles. The average Bonchev–Trinajstić information content (AvgIpc) is 3.13. The number of aliphatic imine (C=N–C) groups is 1. The second-order valence-corrected chi connectivity index (χ2v) is 6.63. The van der Waals surface area contributed by atoms with Gasteiger partial charge in [0.25, 0.3) is 0 Å². The van der Waals surface area contributed by atoms with Crippen molar-refractivity contribution in [2.24, 2.45) is 4.99 Å². The summed E-state index contributed by atoms with van der Waals surface area (Å²) in [5, 5.41) is 6.48. The quantitative estimate of drug-likeness (QED) is 0.419. The van der Waals surface area contributed by atoms with Gasteiger partial charge in [-0.3, -0.25) is 4.99 Å². The zero-order chi connectivity index (χ0) is 18.8. The van der Waals surface area contributed by atoms with Crippen LogP contribution in [0.1, 0.15) is 36.8 Å². The van der Waals surface area contributed by atoms with Gasteiger partial charge in [-0.05, 0) is 69.4 Å². The molecule has 1 heterocycles. The van der Waals surface area contributed by atoms with Gasteiger partial charge in [0, 0.05) is 20.1 Å². The predicted octanol–water partition coefficient (Wildman–Crippen LogP) is 3.29. The number of hydrogen-bond acceptors (Lipinski definition) is 2. The van der Waals surface area contributed by atoms with Crippen LogP contribution in [0.15, 0.2) is 29.3 Å². The lowest BCUT2D eigenvalue weighted by Gasteiger charge is -2.15. The molecule has 0 unspecified atom stereocenters. The fourth-order valence-corrected chi connectivity index (χ4v) is 3.08. The van der Waals surface area contributed by atoms with E-state index >= 15 is 0 Å². The number of nitrogens with zero attached hydrogens (tertiary/aromatic N) is 2. The van der Waals surface area contributed by atoms with Crippen LogP contribution in [0, 0.1) is 0 Å². The maximum absolute atomic E-state index is 12.5. The summed E-state index contributed by atoms with van der Waals surface area (Å²) >= 11 is 0. The molecule has 0 spiro atoms. The van der Waals surface area contributed by atoms with Crippen LogP contribution in [0.2, 0.25) is 0 Å². The number of unbranched alkanes of at least 4 members (excludes halogenated alkanes) is 1. The maximum atomic E-state index is 12.5. The first-order valence-electron chi connectivity index (χ1n) is 9.32. The van der Waals surface area contributed by atoms with Crippen molar-refractivity contribution in [1.82, 2.24) is 15.5 Å². The number of alkyl halides is 3. The van der Waals surface area contributed by atoms with E-state index in [2.05, 4.69) is 20.5 Å². The number of halogens is 3. The molecule has 2 N–H and O–H groups in total. The Morgan fingerprint density at radius 1 is 1.04 bits per heavy atom. The van der Waals surface area contributed by atoms with E-state index in [-0.39, 0.29) is 0 Å². The van der Waals surface area contributed by atoms with Gasteiger partial charge in [-0.25, -0.2) is 0 Å². The smallest absolute Gasteiger partial charge is 0.356 e. The summed E-state index contributed by atoms with van der Waals surface area (Å²) in [6.45, 7) is 5.13. The van der Waals surface area contributed by atoms with E-state index in [9.17, 15) is 13.2 Å². The molecule has 1 fully saturated rings. The SMILES string of the molecule is CN=C(NCCCCN1CCCC1)NCCc1ccc(C(F)(F)F)cc1. The first-order valence-corrected chi connectivity index (χ1v) is 9.32. The van der Waals surface area contributed by atoms with Gasteiger partial charge in [-0.1, -0.05) is 12.1 Å². The van der Waals surface area contributed by atoms with Crippen LogP contribution in [-0.2, 0) is 12.6 Å². The molecule has 1 aromatic carbocycles. The largest absolute Gasteiger partial charge is 0.416 e. The van der Waals surface area contributed by atoms with Crippen LogP contribution in [0.3, 0.4) is 0 Å². The fraction of sp³-hybridized carbons (Fsp3) is 0.632. The van der Waals surface area contributed by atoms with Crippen molar-refractivity contribution in [3.05, 3.63) is 35.4 Å². The molecule has 1 aliphatic heterocycles. The van der Waals surface area contributed by atoms with Crippen molar-refractivity contribution in [2.45, 2.75) is 38.3 Å². The molecule has 0 saturated carbocycles. The van der Waals surface area contributed by atoms with E-state index in [4.69, 9.17) is 0 Å². The molecule has 0 aromatic heterocycles. The highest BCUT2D eigenvalue weighted by molar-refractivity contribution is 5.79. The summed E-state index contributed by atoms with van der Waals surface area (Å²) in [7, 11) is 1.72. The zero-order valence-corrected chi connectivity index (χ0v) is 15.4. The highest BCUT2D eigenvalue weighted by Gasteiger charge is 2.29. The molecule has 0 bridgehead atoms. The minimum absolute atomic E-state index is 0.611. The van der Waals surface area contributed by atoms with Crippen LogP contribution < -0.4 is 10.6 Å². The number of nitrogens with one attached hydrogen (secondary N) is 2. The van der Waals surface area contributed by atoms with Crippen LogP contribution in [0.4, 0.5) is 13.2 Å². The van der Waals surface area contributed by atoms with E-state index in [0.29, 0.717) is 13.0 Å². The first-order chi connectivity index (χ1) is 12.5. The van der Waals surface area contributed by atoms with E-state index in [1.54, 1.807) is 7.05 Å². The Bertz CT molecular complexity index is 549. The highest BCUT2D eigenvalue weighted by Crippen LogP contribution is 2.29. The molecule has 1 aromatic rings. The third-order valence-corrected chi connectivity index (χ3v) is 4.60. The lowest BCUT2D eigenvalue weighted by molar-refractivity contribution is -0.137. The number of guanidine groups is 1. The Morgan fingerprint density at radius 3 is 2.31 bits per heavy atom. The summed E-state index contributed by atoms with van der Waals surface area (Å²) in [6, 6.07) is 5.31. The maximum Gasteiger partial charge on any atom is 0.416 e. The predicted molar refractivity (Wildman–Crippen MR) is 99.4 cm³/mol. The van der Waals surface area contributed by atoms with E-state index in [1.165, 1.54) is 51.0 Å². The van der Waals surface area contributed by atoms with Crippen LogP contribution in [-0.4, -0.2) is 50.6 Å². The van der Waals surface area contributed by atoms with Crippen molar-refractivity contribution < 1.29 is 13.2 Å². The molecular formula is C19H29F3N4. The molecular weight excluding hydrogens is 341 g/mol. The monoisotopic (exact) mass is 370 g/mol. The fourth-order valence-electron chi connectivity index (χ4n) is 3.08. The number of likely N-dealkylation sites (tertiary alicyclic amines) is 1. The summed E-state index contributed by atoms with van der Waals surface area (Å²) in [4.78, 5) is 6.69. The number of rotatable bonds is 8. The van der Waals surface area contributed by atoms with Crippen molar-refractivity contribution in [2.75, 3.05) is 39.8 Å². The van der Waals surface area contributed by atoms with Gasteiger partial charge >= 0.3 is 6.18 Å². The topological polar surface area (TPSA) is 39.7 Å². The van der Waals surface area contributed by atoms with E-state index in [1.807, 2.05) is 0 Å². The standard InChI is InChI=1S/C19H29F3N4/c1-23-18(24-11-2-3-13-26-14-4-5-15-26)25-12-10-16-6-8-17(9-7-16)19(20,21)22/h6-9H,2-5,10-15H2,1H3,(H2,23,24,25). The number of hydrogen-bond donors (Lipinski definition) is 2. The lowest BCUT2D eigenvalue weighted by Crippen LogP contribution is -2.38. The molecule has 26 heavy (non-hydrogen) atoms. The third kappa shape index (κ3) is 7.23. The molecule has 4 nitrogen and oxygen atoms in total. The Morgan fingerprint density at radius 2 is 1.69 bits per heavy atom. The zero-order valence-electron chi connectivity index (χ0n) is 15.4. The summed E-state index contributed by atoms with van der Waals surface area (Å²) in [5.74, 6) is 0.734. The van der Waals surface area contributed by atoms with Crippen molar-refractivity contribution in [1.29, 1.82) is 0 Å². The van der Waals surface area contributed by atoms with Gasteiger partial charge in [0.05, 0.1) is 5.56 Å². The average molecular weight is 370 g/mol. The van der Waals surface area contributed by atoms with Gasteiger partial charge in [0.2, 0.25) is 0 Å². The summed E-state index contributed by atoms with van der Waals surface area (Å²) in [5.41, 5.74) is 0.257. The summed E-state index contributed by atoms with van der Waals surface area (Å²) < 4.78 is 37.6. The lowest BCUT2D eigenvalue weighted by atomic mass is 10.1. The first kappa shape index (κ1) is 20.6. The normalized spacial score (nSPS) is 16.1. The van der Waals surface area contributed by atoms with Gasteiger partial charge in [-0.15, -0.1) is 0 Å².